The van der Waals surface area contributed by atoms with E-state index in [2.05, 4.69) is 16.0 Å². The van der Waals surface area contributed by atoms with E-state index < -0.39 is 30.1 Å². The summed E-state index contributed by atoms with van der Waals surface area (Å²) in [5, 5.41) is 31.5. The first kappa shape index (κ1) is 41.8. The molecule has 12 nitrogen and oxygen atoms in total. The summed E-state index contributed by atoms with van der Waals surface area (Å²) in [7, 11) is 0. The molecular formula is C33H31F7N6O6. The number of rotatable bonds is 10. The van der Waals surface area contributed by atoms with Crippen molar-refractivity contribution in [2.45, 2.75) is 45.8 Å². The van der Waals surface area contributed by atoms with Crippen LogP contribution in [0.3, 0.4) is 0 Å². The maximum atomic E-state index is 15.7. The fourth-order valence-electron chi connectivity index (χ4n) is 4.01. The maximum Gasteiger partial charge on any atom is 0.490 e. The number of aromatic nitrogens is 2. The van der Waals surface area contributed by atoms with Gasteiger partial charge in [0.1, 0.15) is 11.6 Å². The van der Waals surface area contributed by atoms with E-state index in [4.69, 9.17) is 40.4 Å². The lowest BCUT2D eigenvalue weighted by Gasteiger charge is -2.24. The van der Waals surface area contributed by atoms with Gasteiger partial charge in [-0.25, -0.2) is 19.0 Å². The molecule has 1 heterocycles. The van der Waals surface area contributed by atoms with Crippen molar-refractivity contribution in [2.75, 3.05) is 11.5 Å². The molecule has 0 atom stereocenters. The molecule has 0 fully saturated rings. The molecule has 0 unspecified atom stereocenters. The van der Waals surface area contributed by atoms with E-state index in [0.29, 0.717) is 51.9 Å². The Labute approximate surface area is 291 Å². The molecule has 278 valence electrons. The van der Waals surface area contributed by atoms with Gasteiger partial charge in [-0.1, -0.05) is 18.2 Å². The van der Waals surface area contributed by atoms with Crippen LogP contribution >= 0.6 is 0 Å². The van der Waals surface area contributed by atoms with Gasteiger partial charge in [-0.15, -0.1) is 0 Å². The predicted octanol–water partition coefficient (Wildman–Crippen LogP) is 7.16. The molecule has 19 heteroatoms. The summed E-state index contributed by atoms with van der Waals surface area (Å²) in [5.74, 6) is -5.02. The van der Waals surface area contributed by atoms with Crippen molar-refractivity contribution in [2.24, 2.45) is 5.73 Å². The van der Waals surface area contributed by atoms with E-state index in [1.54, 1.807) is 59.6 Å². The molecule has 3 aromatic carbocycles. The van der Waals surface area contributed by atoms with E-state index in [9.17, 15) is 31.6 Å². The second-order valence-corrected chi connectivity index (χ2v) is 10.4. The summed E-state index contributed by atoms with van der Waals surface area (Å²) < 4.78 is 90.6. The number of aliphatic carboxylic acids is 2. The number of nitrogens with two attached hydrogens (primary N) is 1. The number of hydrogen-bond acceptors (Lipinski definition) is 8. The van der Waals surface area contributed by atoms with Crippen LogP contribution in [0, 0.1) is 22.6 Å². The van der Waals surface area contributed by atoms with E-state index in [0.717, 1.165) is 0 Å². The molecule has 0 amide bonds. The molecule has 0 bridgehead atoms. The van der Waals surface area contributed by atoms with Crippen LogP contribution in [-0.4, -0.2) is 63.0 Å². The van der Waals surface area contributed by atoms with Gasteiger partial charge in [0.25, 0.3) is 0 Å². The average Bonchev–Trinajstić information content (AvgIpc) is 3.55. The number of H-pyrrole nitrogens is 1. The van der Waals surface area contributed by atoms with Gasteiger partial charge < -0.3 is 35.3 Å². The van der Waals surface area contributed by atoms with Gasteiger partial charge in [0, 0.05) is 28.4 Å². The number of anilines is 2. The van der Waals surface area contributed by atoms with Crippen LogP contribution in [0.1, 0.15) is 37.5 Å². The Morgan fingerprint density at radius 1 is 1.02 bits per heavy atom. The highest BCUT2D eigenvalue weighted by Gasteiger charge is 2.39. The van der Waals surface area contributed by atoms with Gasteiger partial charge in [0.05, 0.1) is 42.8 Å². The minimum atomic E-state index is -5.08. The van der Waals surface area contributed by atoms with Gasteiger partial charge in [0.2, 0.25) is 5.95 Å². The molecule has 0 aliphatic heterocycles. The molecule has 52 heavy (non-hydrogen) atoms. The Morgan fingerprint density at radius 2 is 1.58 bits per heavy atom. The normalized spacial score (nSPS) is 10.9. The number of nitriles is 1. The zero-order valence-electron chi connectivity index (χ0n) is 27.4. The van der Waals surface area contributed by atoms with Crippen molar-refractivity contribution in [3.8, 4) is 28.8 Å². The Hall–Kier alpha value is -6.32. The summed E-state index contributed by atoms with van der Waals surface area (Å²) in [5.41, 5.74) is 9.10. The summed E-state index contributed by atoms with van der Waals surface area (Å²) in [6, 6.07) is 19.6. The van der Waals surface area contributed by atoms with E-state index in [-0.39, 0.29) is 24.2 Å². The van der Waals surface area contributed by atoms with Gasteiger partial charge in [-0.3, -0.25) is 5.41 Å². The SMILES string of the molecule is CCOc1cc(CN(c2ccc(C(=N)N)cc2)c2ncc(-c3ccccc3C#N)[nH]2)c(F)c(OC(C)C)c1.O=C(O)C(F)(F)F.O=C(O)C(F)(F)F. The second-order valence-electron chi connectivity index (χ2n) is 10.4. The molecule has 4 aromatic rings. The molecule has 0 aliphatic carbocycles. The molecule has 0 radical (unpaired) electrons. The van der Waals surface area contributed by atoms with Crippen molar-refractivity contribution < 1.29 is 60.0 Å². The number of alkyl halides is 6. The lowest BCUT2D eigenvalue weighted by molar-refractivity contribution is -0.193. The number of nitrogens with one attached hydrogen (secondary N) is 2. The van der Waals surface area contributed by atoms with Gasteiger partial charge in [0.15, 0.2) is 11.6 Å². The van der Waals surface area contributed by atoms with Gasteiger partial charge >= 0.3 is 24.3 Å². The van der Waals surface area contributed by atoms with E-state index in [1.807, 2.05) is 32.9 Å². The minimum Gasteiger partial charge on any atom is -0.494 e. The largest absolute Gasteiger partial charge is 0.494 e. The number of hydrogen-bond donors (Lipinski definition) is 5. The number of nitrogen functional groups attached to an aromatic ring is 1. The van der Waals surface area contributed by atoms with Crippen LogP contribution in [0.2, 0.25) is 0 Å². The van der Waals surface area contributed by atoms with Crippen molar-refractivity contribution in [1.82, 2.24) is 9.97 Å². The fraction of sp³-hybridized carbons (Fsp3) is 0.242. The lowest BCUT2D eigenvalue weighted by atomic mass is 10.1. The topological polar surface area (TPSA) is 199 Å². The van der Waals surface area contributed by atoms with Crippen molar-refractivity contribution in [3.05, 3.63) is 89.4 Å². The molecule has 0 saturated carbocycles. The Bertz CT molecular complexity index is 1860. The Morgan fingerprint density at radius 3 is 2.06 bits per heavy atom. The van der Waals surface area contributed by atoms with Crippen molar-refractivity contribution in [1.29, 1.82) is 10.7 Å². The molecular weight excluding hydrogens is 709 g/mol. The second kappa shape index (κ2) is 18.1. The zero-order chi connectivity index (χ0) is 39.4. The van der Waals surface area contributed by atoms with Crippen molar-refractivity contribution >= 4 is 29.4 Å². The van der Waals surface area contributed by atoms with Crippen LogP contribution in [0.15, 0.2) is 66.9 Å². The molecule has 0 aliphatic rings. The number of carboxylic acids is 2. The number of halogens is 7. The summed E-state index contributed by atoms with van der Waals surface area (Å²) in [6.07, 6.45) is -8.75. The summed E-state index contributed by atoms with van der Waals surface area (Å²) in [4.78, 5) is 27.4. The first-order valence-electron chi connectivity index (χ1n) is 14.7. The third kappa shape index (κ3) is 12.2. The molecule has 0 saturated heterocycles. The molecule has 0 spiro atoms. The quantitative estimate of drug-likeness (QED) is 0.0632. The van der Waals surface area contributed by atoms with Gasteiger partial charge in [-0.2, -0.15) is 31.6 Å². The number of aromatic amines is 1. The third-order valence-corrected chi connectivity index (χ3v) is 6.22. The van der Waals surface area contributed by atoms with Crippen LogP contribution in [0.5, 0.6) is 11.5 Å². The standard InChI is InChI=1S/C29H29FN6O2.2C2HF3O2/c1-4-37-23-13-21(27(30)26(14-23)38-18(2)3)17-36(22-11-9-19(10-12-22)28(32)33)29-34-16-25(35-29)24-8-6-5-7-20(24)15-31;2*3-2(4,5)1(6)7/h5-14,16,18H,4,17H2,1-3H3,(H3,32,33)(H,34,35);2*(H,6,7). The Balaban J connectivity index is 0.000000564. The highest BCUT2D eigenvalue weighted by molar-refractivity contribution is 5.95. The van der Waals surface area contributed by atoms with E-state index >= 15 is 4.39 Å². The number of amidine groups is 1. The van der Waals surface area contributed by atoms with Gasteiger partial charge in [-0.05, 0) is 57.2 Å². The maximum absolute atomic E-state index is 15.7. The van der Waals surface area contributed by atoms with Crippen LogP contribution in [-0.2, 0) is 16.1 Å². The number of benzene rings is 3. The summed E-state index contributed by atoms with van der Waals surface area (Å²) in [6.45, 7) is 6.03. The smallest absolute Gasteiger partial charge is 0.490 e. The lowest BCUT2D eigenvalue weighted by Crippen LogP contribution is -2.21. The highest BCUT2D eigenvalue weighted by atomic mass is 19.4. The van der Waals surface area contributed by atoms with E-state index in [1.165, 1.54) is 0 Å². The van der Waals surface area contributed by atoms with Crippen LogP contribution in [0.25, 0.3) is 11.3 Å². The van der Waals surface area contributed by atoms with Crippen molar-refractivity contribution in [3.63, 3.8) is 0 Å². The van der Waals surface area contributed by atoms with Crippen LogP contribution in [0.4, 0.5) is 42.4 Å². The number of ether oxygens (including phenoxy) is 2. The molecule has 6 N–H and O–H groups in total. The monoisotopic (exact) mass is 740 g/mol. The number of imidazole rings is 1. The molecule has 4 rings (SSSR count). The number of carbonyl (C=O) groups is 2. The average molecular weight is 741 g/mol. The molecule has 1 aromatic heterocycles. The zero-order valence-corrected chi connectivity index (χ0v) is 27.4. The third-order valence-electron chi connectivity index (χ3n) is 6.22. The fourth-order valence-corrected chi connectivity index (χ4v) is 4.01. The predicted molar refractivity (Wildman–Crippen MR) is 173 cm³/mol. The Kier molecular flexibility index (Phi) is 14.5. The minimum absolute atomic E-state index is 0.0533. The number of carboxylic acid groups (broad SMARTS) is 2. The highest BCUT2D eigenvalue weighted by Crippen LogP contribution is 2.34. The number of nitrogens with zero attached hydrogens (tertiary/aromatic N) is 3. The summed E-state index contributed by atoms with van der Waals surface area (Å²) >= 11 is 0. The first-order chi connectivity index (χ1) is 24.2. The van der Waals surface area contributed by atoms with Crippen LogP contribution < -0.4 is 20.1 Å². The first-order valence-corrected chi connectivity index (χ1v) is 14.7.